The van der Waals surface area contributed by atoms with Crippen molar-refractivity contribution in [2.75, 3.05) is 19.6 Å². The first-order valence-electron chi connectivity index (χ1n) is 8.63. The van der Waals surface area contributed by atoms with Crippen LogP contribution < -0.4 is 10.1 Å². The number of halogens is 2. The van der Waals surface area contributed by atoms with Gasteiger partial charge in [0.2, 0.25) is 0 Å². The highest BCUT2D eigenvalue weighted by Crippen LogP contribution is 2.28. The molecular weight excluding hydrogens is 404 g/mol. The molecule has 1 aromatic rings. The number of carbonyl (C=O) groups is 1. The van der Waals surface area contributed by atoms with Crippen molar-refractivity contribution in [3.8, 4) is 5.75 Å². The summed E-state index contributed by atoms with van der Waals surface area (Å²) < 4.78 is 6.50. The summed E-state index contributed by atoms with van der Waals surface area (Å²) >= 11 is 9.33. The minimum absolute atomic E-state index is 0.0791. The fourth-order valence-corrected chi connectivity index (χ4v) is 3.48. The van der Waals surface area contributed by atoms with E-state index in [4.69, 9.17) is 16.3 Å². The average molecular weight is 430 g/mol. The zero-order chi connectivity index (χ0) is 18.4. The van der Waals surface area contributed by atoms with Gasteiger partial charge < -0.3 is 10.1 Å². The molecule has 0 aliphatic carbocycles. The molecule has 1 saturated heterocycles. The van der Waals surface area contributed by atoms with E-state index in [2.05, 4.69) is 46.1 Å². The van der Waals surface area contributed by atoms with Gasteiger partial charge in [-0.3, -0.25) is 9.69 Å². The molecule has 25 heavy (non-hydrogen) atoms. The van der Waals surface area contributed by atoms with Gasteiger partial charge >= 0.3 is 0 Å². The van der Waals surface area contributed by atoms with Crippen LogP contribution >= 0.6 is 27.5 Å². The number of hydrogen-bond acceptors (Lipinski definition) is 3. The molecule has 1 aliphatic heterocycles. The molecule has 0 saturated carbocycles. The van der Waals surface area contributed by atoms with E-state index in [1.54, 1.807) is 25.1 Å². The molecule has 0 radical (unpaired) electrons. The van der Waals surface area contributed by atoms with Gasteiger partial charge in [0.25, 0.3) is 5.91 Å². The minimum Gasteiger partial charge on any atom is -0.480 e. The molecule has 1 N–H and O–H groups in total. The molecule has 0 aromatic heterocycles. The van der Waals surface area contributed by atoms with E-state index < -0.39 is 6.10 Å². The summed E-state index contributed by atoms with van der Waals surface area (Å²) in [4.78, 5) is 14.8. The van der Waals surface area contributed by atoms with E-state index in [1.165, 1.54) is 5.57 Å². The largest absolute Gasteiger partial charge is 0.480 e. The van der Waals surface area contributed by atoms with E-state index in [1.807, 2.05) is 0 Å². The Morgan fingerprint density at radius 3 is 2.72 bits per heavy atom. The van der Waals surface area contributed by atoms with Crippen LogP contribution in [0.4, 0.5) is 0 Å². The Balaban J connectivity index is 1.79. The van der Waals surface area contributed by atoms with E-state index >= 15 is 0 Å². The van der Waals surface area contributed by atoms with Crippen molar-refractivity contribution in [3.05, 3.63) is 39.3 Å². The highest BCUT2D eigenvalue weighted by Gasteiger charge is 2.23. The maximum absolute atomic E-state index is 12.4. The van der Waals surface area contributed by atoms with E-state index in [0.717, 1.165) is 36.9 Å². The number of benzene rings is 1. The summed E-state index contributed by atoms with van der Waals surface area (Å²) in [6, 6.07) is 5.48. The van der Waals surface area contributed by atoms with Gasteiger partial charge in [0, 0.05) is 30.7 Å². The van der Waals surface area contributed by atoms with Crippen molar-refractivity contribution in [3.63, 3.8) is 0 Å². The van der Waals surface area contributed by atoms with Gasteiger partial charge in [-0.15, -0.1) is 0 Å². The Morgan fingerprint density at radius 1 is 1.44 bits per heavy atom. The van der Waals surface area contributed by atoms with Crippen LogP contribution in [0.5, 0.6) is 5.75 Å². The average Bonchev–Trinajstić information content (AvgIpc) is 2.56. The smallest absolute Gasteiger partial charge is 0.260 e. The molecule has 1 aromatic carbocycles. The Labute approximate surface area is 163 Å². The van der Waals surface area contributed by atoms with Gasteiger partial charge in [0.15, 0.2) is 6.10 Å². The molecule has 4 nitrogen and oxygen atoms in total. The Hall–Kier alpha value is -1.04. The van der Waals surface area contributed by atoms with Crippen LogP contribution in [0.15, 0.2) is 34.3 Å². The monoisotopic (exact) mass is 428 g/mol. The number of amides is 1. The number of nitrogens with zero attached hydrogens (tertiary/aromatic N) is 1. The van der Waals surface area contributed by atoms with E-state index in [-0.39, 0.29) is 11.9 Å². The molecule has 0 spiro atoms. The van der Waals surface area contributed by atoms with Gasteiger partial charge in [-0.05, 0) is 67.7 Å². The number of rotatable bonds is 6. The fraction of sp³-hybridized carbons (Fsp3) is 0.526. The second-order valence-electron chi connectivity index (χ2n) is 6.70. The van der Waals surface area contributed by atoms with Crippen molar-refractivity contribution >= 4 is 33.4 Å². The molecule has 2 rings (SSSR count). The van der Waals surface area contributed by atoms with Crippen LogP contribution in [0.2, 0.25) is 5.02 Å². The maximum atomic E-state index is 12.4. The number of piperidine rings is 1. The van der Waals surface area contributed by atoms with Gasteiger partial charge in [0.05, 0.1) is 4.47 Å². The highest BCUT2D eigenvalue weighted by atomic mass is 79.9. The third-order valence-electron chi connectivity index (χ3n) is 4.26. The Bertz CT molecular complexity index is 624. The summed E-state index contributed by atoms with van der Waals surface area (Å²) in [6.45, 7) is 9.01. The number of carbonyl (C=O) groups excluding carboxylic acids is 1. The van der Waals surface area contributed by atoms with E-state index in [0.29, 0.717) is 10.8 Å². The van der Waals surface area contributed by atoms with Crippen LogP contribution in [0.25, 0.3) is 0 Å². The standard InChI is InChI=1S/C19H26BrClN2O2/c1-13(2)6-9-23-10-7-16(8-11-23)22-19(24)14(3)25-18-5-4-15(21)12-17(18)20/h4-6,12,14,16H,7-11H2,1-3H3,(H,22,24). The zero-order valence-corrected chi connectivity index (χ0v) is 17.4. The third kappa shape index (κ3) is 6.65. The summed E-state index contributed by atoms with van der Waals surface area (Å²) in [5.74, 6) is 0.535. The van der Waals surface area contributed by atoms with Crippen molar-refractivity contribution < 1.29 is 9.53 Å². The summed E-state index contributed by atoms with van der Waals surface area (Å²) in [5, 5.41) is 3.73. The van der Waals surface area contributed by atoms with Crippen LogP contribution in [0, 0.1) is 0 Å². The van der Waals surface area contributed by atoms with Crippen LogP contribution in [-0.2, 0) is 4.79 Å². The second-order valence-corrected chi connectivity index (χ2v) is 7.99. The molecule has 1 fully saturated rings. The fourth-order valence-electron chi connectivity index (χ4n) is 2.70. The topological polar surface area (TPSA) is 41.6 Å². The van der Waals surface area contributed by atoms with Crippen LogP contribution in [0.1, 0.15) is 33.6 Å². The van der Waals surface area contributed by atoms with Gasteiger partial charge in [-0.2, -0.15) is 0 Å². The molecule has 6 heteroatoms. The lowest BCUT2D eigenvalue weighted by Gasteiger charge is -2.32. The number of ether oxygens (including phenoxy) is 1. The summed E-state index contributed by atoms with van der Waals surface area (Å²) in [7, 11) is 0. The lowest BCUT2D eigenvalue weighted by atomic mass is 10.0. The van der Waals surface area contributed by atoms with Crippen LogP contribution in [0.3, 0.4) is 0 Å². The maximum Gasteiger partial charge on any atom is 0.260 e. The first kappa shape index (κ1) is 20.3. The van der Waals surface area contributed by atoms with Crippen molar-refractivity contribution in [1.29, 1.82) is 0 Å². The molecule has 1 atom stereocenters. The number of nitrogens with one attached hydrogen (secondary N) is 1. The molecule has 1 unspecified atom stereocenters. The normalized spacial score (nSPS) is 17.0. The Kier molecular flexibility index (Phi) is 7.79. The number of hydrogen-bond donors (Lipinski definition) is 1. The molecule has 1 amide bonds. The Morgan fingerprint density at radius 2 is 2.12 bits per heavy atom. The predicted molar refractivity (Wildman–Crippen MR) is 106 cm³/mol. The molecule has 1 heterocycles. The summed E-state index contributed by atoms with van der Waals surface area (Å²) in [5.41, 5.74) is 1.34. The summed E-state index contributed by atoms with van der Waals surface area (Å²) in [6.07, 6.45) is 3.64. The van der Waals surface area contributed by atoms with Crippen molar-refractivity contribution in [2.45, 2.75) is 45.8 Å². The van der Waals surface area contributed by atoms with Crippen molar-refractivity contribution in [1.82, 2.24) is 10.2 Å². The molecular formula is C19H26BrClN2O2. The zero-order valence-electron chi connectivity index (χ0n) is 15.0. The predicted octanol–water partition coefficient (Wildman–Crippen LogP) is 4.42. The lowest BCUT2D eigenvalue weighted by Crippen LogP contribution is -2.48. The quantitative estimate of drug-likeness (QED) is 0.681. The molecule has 1 aliphatic rings. The highest BCUT2D eigenvalue weighted by molar-refractivity contribution is 9.10. The molecule has 138 valence electrons. The number of likely N-dealkylation sites (tertiary alicyclic amines) is 1. The first-order chi connectivity index (χ1) is 11.8. The van der Waals surface area contributed by atoms with E-state index in [9.17, 15) is 4.79 Å². The third-order valence-corrected chi connectivity index (χ3v) is 5.11. The SMILES string of the molecule is CC(C)=CCN1CCC(NC(=O)C(C)Oc2ccc(Cl)cc2Br)CC1. The van der Waals surface area contributed by atoms with Gasteiger partial charge in [-0.1, -0.05) is 23.3 Å². The van der Waals surface area contributed by atoms with Gasteiger partial charge in [-0.25, -0.2) is 0 Å². The van der Waals surface area contributed by atoms with Crippen LogP contribution in [-0.4, -0.2) is 42.6 Å². The van der Waals surface area contributed by atoms with Gasteiger partial charge in [0.1, 0.15) is 5.75 Å². The minimum atomic E-state index is -0.554. The lowest BCUT2D eigenvalue weighted by molar-refractivity contribution is -0.128. The first-order valence-corrected chi connectivity index (χ1v) is 9.80. The van der Waals surface area contributed by atoms with Crippen molar-refractivity contribution in [2.24, 2.45) is 0 Å². The number of allylic oxidation sites excluding steroid dienone is 1. The second kappa shape index (κ2) is 9.60. The molecule has 0 bridgehead atoms.